The minimum absolute atomic E-state index is 0.0307. The summed E-state index contributed by atoms with van der Waals surface area (Å²) in [5.74, 6) is 0.0435. The molecule has 0 heterocycles. The molecule has 0 aliphatic heterocycles. The van der Waals surface area contributed by atoms with E-state index in [1.807, 2.05) is 34.6 Å². The molecule has 0 aromatic heterocycles. The van der Waals surface area contributed by atoms with Gasteiger partial charge in [-0.2, -0.15) is 0 Å². The molecule has 0 spiro atoms. The summed E-state index contributed by atoms with van der Waals surface area (Å²) in [6.45, 7) is 9.59. The fourth-order valence-electron chi connectivity index (χ4n) is 0.609. The van der Waals surface area contributed by atoms with Gasteiger partial charge in [-0.3, -0.25) is 4.79 Å². The topological polar surface area (TPSA) is 38.3 Å². The molecule has 84 valence electrons. The second kappa shape index (κ2) is 4.79. The average Bonchev–Trinajstić information content (AvgIpc) is 2.02. The molecule has 0 aliphatic carbocycles. The average molecular weight is 313 g/mol. The van der Waals surface area contributed by atoms with E-state index < -0.39 is 0 Å². The van der Waals surface area contributed by atoms with E-state index in [1.54, 1.807) is 7.11 Å². The third-order valence-electron chi connectivity index (χ3n) is 2.08. The van der Waals surface area contributed by atoms with Gasteiger partial charge in [0.25, 0.3) is 0 Å². The van der Waals surface area contributed by atoms with Crippen LogP contribution in [0.15, 0.2) is 0 Å². The second-order valence-corrected chi connectivity index (χ2v) is 6.14. The highest BCUT2D eigenvalue weighted by molar-refractivity contribution is 14.1. The Hall–Kier alpha value is 0.160. The molecule has 1 amide bonds. The molecule has 0 bridgehead atoms. The monoisotopic (exact) mass is 313 g/mol. The number of carbonyl (C=O) groups is 1. The van der Waals surface area contributed by atoms with Crippen molar-refractivity contribution in [2.75, 3.05) is 7.11 Å². The number of ether oxygens (including phenoxy) is 1. The molecule has 0 saturated carbocycles. The van der Waals surface area contributed by atoms with E-state index in [-0.39, 0.29) is 21.0 Å². The number of methoxy groups -OCH3 is 1. The lowest BCUT2D eigenvalue weighted by molar-refractivity contribution is -0.130. The van der Waals surface area contributed by atoms with Crippen molar-refractivity contribution in [2.24, 2.45) is 5.41 Å². The highest BCUT2D eigenvalue weighted by Gasteiger charge is 2.31. The number of alkyl halides is 1. The van der Waals surface area contributed by atoms with Crippen molar-refractivity contribution in [2.45, 2.75) is 44.3 Å². The Labute approximate surface area is 100 Å². The number of carbonyl (C=O) groups excluding carboxylic acids is 1. The quantitative estimate of drug-likeness (QED) is 0.493. The van der Waals surface area contributed by atoms with Crippen LogP contribution in [0.2, 0.25) is 0 Å². The first-order valence-electron chi connectivity index (χ1n) is 4.61. The van der Waals surface area contributed by atoms with Crippen molar-refractivity contribution in [1.82, 2.24) is 5.32 Å². The molecule has 1 N–H and O–H groups in total. The minimum Gasteiger partial charge on any atom is -0.376 e. The highest BCUT2D eigenvalue weighted by Crippen LogP contribution is 2.21. The fourth-order valence-corrected chi connectivity index (χ4v) is 1.15. The lowest BCUT2D eigenvalue weighted by atomic mass is 9.95. The van der Waals surface area contributed by atoms with E-state index >= 15 is 0 Å². The third kappa shape index (κ3) is 4.13. The Morgan fingerprint density at radius 2 is 1.71 bits per heavy atom. The molecule has 0 aromatic carbocycles. The van der Waals surface area contributed by atoms with Gasteiger partial charge in [0.2, 0.25) is 5.91 Å². The molecule has 0 aromatic rings. The SMILES string of the molecule is COC(C)(C)[C@@H](I)NC(=O)C(C)(C)C. The van der Waals surface area contributed by atoms with Crippen LogP contribution in [0.4, 0.5) is 0 Å². The molecule has 14 heavy (non-hydrogen) atoms. The maximum atomic E-state index is 11.7. The zero-order chi connectivity index (χ0) is 11.6. The highest BCUT2D eigenvalue weighted by atomic mass is 127. The molecule has 0 radical (unpaired) electrons. The molecular formula is C10H20INO2. The predicted octanol–water partition coefficient (Wildman–Crippen LogP) is 2.33. The lowest BCUT2D eigenvalue weighted by Crippen LogP contribution is -2.49. The van der Waals surface area contributed by atoms with Gasteiger partial charge in [0, 0.05) is 12.5 Å². The summed E-state index contributed by atoms with van der Waals surface area (Å²) in [5, 5.41) is 2.93. The van der Waals surface area contributed by atoms with Crippen molar-refractivity contribution < 1.29 is 9.53 Å². The number of hydrogen-bond donors (Lipinski definition) is 1. The van der Waals surface area contributed by atoms with Crippen LogP contribution < -0.4 is 5.32 Å². The zero-order valence-electron chi connectivity index (χ0n) is 9.77. The summed E-state index contributed by atoms with van der Waals surface area (Å²) in [4.78, 5) is 11.7. The summed E-state index contributed by atoms with van der Waals surface area (Å²) >= 11 is 2.18. The molecule has 0 rings (SSSR count). The Morgan fingerprint density at radius 3 is 2.00 bits per heavy atom. The van der Waals surface area contributed by atoms with Gasteiger partial charge in [0.05, 0.1) is 5.60 Å². The Kier molecular flexibility index (Phi) is 4.84. The van der Waals surface area contributed by atoms with Crippen molar-refractivity contribution in [3.05, 3.63) is 0 Å². The summed E-state index contributed by atoms with van der Waals surface area (Å²) in [6.07, 6.45) is 0. The van der Waals surface area contributed by atoms with Crippen molar-refractivity contribution >= 4 is 28.5 Å². The first-order valence-corrected chi connectivity index (χ1v) is 5.86. The lowest BCUT2D eigenvalue weighted by Gasteiger charge is -2.31. The van der Waals surface area contributed by atoms with Gasteiger partial charge in [0.1, 0.15) is 4.05 Å². The Balaban J connectivity index is 4.34. The first-order chi connectivity index (χ1) is 6.11. The van der Waals surface area contributed by atoms with E-state index in [0.717, 1.165) is 0 Å². The zero-order valence-corrected chi connectivity index (χ0v) is 11.9. The van der Waals surface area contributed by atoms with Crippen molar-refractivity contribution in [3.8, 4) is 0 Å². The van der Waals surface area contributed by atoms with Crippen LogP contribution in [0.5, 0.6) is 0 Å². The summed E-state index contributed by atoms with van der Waals surface area (Å²) in [5.41, 5.74) is -0.700. The van der Waals surface area contributed by atoms with E-state index in [1.165, 1.54) is 0 Å². The van der Waals surface area contributed by atoms with Gasteiger partial charge in [-0.1, -0.05) is 43.4 Å². The number of nitrogens with one attached hydrogen (secondary N) is 1. The van der Waals surface area contributed by atoms with Crippen LogP contribution >= 0.6 is 22.6 Å². The molecule has 1 atom stereocenters. The number of hydrogen-bond acceptors (Lipinski definition) is 2. The van der Waals surface area contributed by atoms with E-state index in [4.69, 9.17) is 4.74 Å². The Bertz CT molecular complexity index is 209. The van der Waals surface area contributed by atoms with Crippen LogP contribution in [0.25, 0.3) is 0 Å². The first kappa shape index (κ1) is 14.2. The molecule has 0 aliphatic rings. The standard InChI is InChI=1S/C10H20INO2/c1-9(2,3)8(13)12-7(11)10(4,5)14-6/h7H,1-6H3,(H,12,13)/t7-/m0/s1. The van der Waals surface area contributed by atoms with Crippen LogP contribution in [0.3, 0.4) is 0 Å². The van der Waals surface area contributed by atoms with Gasteiger partial charge < -0.3 is 10.1 Å². The van der Waals surface area contributed by atoms with E-state index in [9.17, 15) is 4.79 Å². The molecule has 4 heteroatoms. The van der Waals surface area contributed by atoms with E-state index in [0.29, 0.717) is 0 Å². The minimum atomic E-state index is -0.354. The van der Waals surface area contributed by atoms with Crippen LogP contribution in [-0.2, 0) is 9.53 Å². The summed E-state index contributed by atoms with van der Waals surface area (Å²) in [7, 11) is 1.65. The van der Waals surface area contributed by atoms with Gasteiger partial charge >= 0.3 is 0 Å². The molecular weight excluding hydrogens is 293 g/mol. The Morgan fingerprint density at radius 1 is 1.29 bits per heavy atom. The second-order valence-electron chi connectivity index (χ2n) is 4.89. The van der Waals surface area contributed by atoms with Gasteiger partial charge in [-0.25, -0.2) is 0 Å². The maximum Gasteiger partial charge on any atom is 0.226 e. The summed E-state index contributed by atoms with van der Waals surface area (Å²) < 4.78 is 5.26. The largest absolute Gasteiger partial charge is 0.376 e. The van der Waals surface area contributed by atoms with Crippen LogP contribution in [0.1, 0.15) is 34.6 Å². The normalized spacial score (nSPS) is 15.1. The smallest absolute Gasteiger partial charge is 0.226 e. The van der Waals surface area contributed by atoms with Crippen LogP contribution in [0, 0.1) is 5.41 Å². The van der Waals surface area contributed by atoms with Gasteiger partial charge in [-0.15, -0.1) is 0 Å². The van der Waals surface area contributed by atoms with Crippen molar-refractivity contribution in [3.63, 3.8) is 0 Å². The summed E-state index contributed by atoms with van der Waals surface area (Å²) in [6, 6.07) is 0. The van der Waals surface area contributed by atoms with Crippen molar-refractivity contribution in [1.29, 1.82) is 0 Å². The maximum absolute atomic E-state index is 11.7. The molecule has 0 saturated heterocycles. The van der Waals surface area contributed by atoms with Gasteiger partial charge in [0.15, 0.2) is 0 Å². The number of amides is 1. The number of rotatable bonds is 3. The molecule has 3 nitrogen and oxygen atoms in total. The fraction of sp³-hybridized carbons (Fsp3) is 0.900. The van der Waals surface area contributed by atoms with Gasteiger partial charge in [-0.05, 0) is 13.8 Å². The molecule has 0 unspecified atom stereocenters. The molecule has 0 fully saturated rings. The van der Waals surface area contributed by atoms with E-state index in [2.05, 4.69) is 27.9 Å². The number of halogens is 1. The predicted molar refractivity (Wildman–Crippen MR) is 66.5 cm³/mol. The third-order valence-corrected chi connectivity index (χ3v) is 3.89. The van der Waals surface area contributed by atoms with Crippen LogP contribution in [-0.4, -0.2) is 22.7 Å².